The van der Waals surface area contributed by atoms with E-state index in [1.807, 2.05) is 6.88 Å². The van der Waals surface area contributed by atoms with Gasteiger partial charge in [-0.05, 0) is 0 Å². The first-order valence-electron chi connectivity index (χ1n) is 0.354. The fourth-order valence-corrected chi connectivity index (χ4v) is 0. The molecule has 0 saturated carbocycles. The van der Waals surface area contributed by atoms with E-state index in [0.717, 1.165) is 0 Å². The van der Waals surface area contributed by atoms with Gasteiger partial charge in [0, 0.05) is 0 Å². The molecule has 0 bridgehead atoms. The number of hydrogen-bond donors (Lipinski definition) is 0. The van der Waals surface area contributed by atoms with Crippen LogP contribution < -0.4 is 12.4 Å². The minimum atomic E-state index is 0. The van der Waals surface area contributed by atoms with Crippen LogP contribution in [0.25, 0.3) is 0 Å². The Morgan fingerprint density at radius 3 is 1.00 bits per heavy atom. The van der Waals surface area contributed by atoms with Crippen LogP contribution in [0.2, 0.25) is 0 Å². The second kappa shape index (κ2) is 53.8. The van der Waals surface area contributed by atoms with Gasteiger partial charge in [-0.3, -0.25) is 0 Å². The van der Waals surface area contributed by atoms with Crippen LogP contribution in [-0.2, 0) is 23.3 Å². The topological polar surface area (TPSA) is 0 Å². The molecule has 0 amide bonds. The van der Waals surface area contributed by atoms with E-state index in [2.05, 4.69) is 0 Å². The van der Waals surface area contributed by atoms with E-state index in [1.165, 1.54) is 0 Å². The predicted octanol–water partition coefficient (Wildman–Crippen LogP) is -3.01. The van der Waals surface area contributed by atoms with Gasteiger partial charge in [-0.25, -0.2) is 0 Å². The zero-order valence-electron chi connectivity index (χ0n) is 3.59. The first-order valence-corrected chi connectivity index (χ1v) is 6.27. The van der Waals surface area contributed by atoms with Crippen LogP contribution in [0.5, 0.6) is 0 Å². The molecule has 0 aliphatic heterocycles. The van der Waals surface area contributed by atoms with Gasteiger partial charge in [0.2, 0.25) is 0 Å². The van der Waals surface area contributed by atoms with E-state index in [0.29, 0.717) is 0 Å². The third-order valence-corrected chi connectivity index (χ3v) is 0. The standard InChI is InChI=1S/2CH3.ClH.H2Si.Zr/h2*1H3;1H;1H2;/q2*-1;;;/p-1. The molecule has 0 radical (unpaired) electrons. The summed E-state index contributed by atoms with van der Waals surface area (Å²) >= 11 is 1.58. The molecule has 0 aromatic carbocycles. The maximum atomic E-state index is 1.95. The molecular weight excluding hydrogens is 179 g/mol. The third kappa shape index (κ3) is 32.1. The molecule has 3 heteroatoms. The molecule has 0 fully saturated rings. The molecule has 0 N–H and O–H groups in total. The summed E-state index contributed by atoms with van der Waals surface area (Å²) in [5, 5.41) is 0. The van der Waals surface area contributed by atoms with E-state index in [9.17, 15) is 0 Å². The van der Waals surface area contributed by atoms with Crippen LogP contribution >= 0.6 is 0 Å². The van der Waals surface area contributed by atoms with Gasteiger partial charge < -0.3 is 27.3 Å². The van der Waals surface area contributed by atoms with Gasteiger partial charge in [0.1, 0.15) is 0 Å². The second-order valence-corrected chi connectivity index (χ2v) is 0. The molecule has 0 aliphatic carbocycles. The maximum absolute atomic E-state index is 1.95. The van der Waals surface area contributed by atoms with E-state index in [1.54, 1.807) is 23.3 Å². The second-order valence-electron chi connectivity index (χ2n) is 0. The zero-order chi connectivity index (χ0) is 2.00. The molecule has 0 saturated heterocycles. The average Bonchev–Trinajstić information content (AvgIpc) is 1.00. The summed E-state index contributed by atoms with van der Waals surface area (Å²) in [5.74, 6) is 0. The summed E-state index contributed by atoms with van der Waals surface area (Å²) in [5.41, 5.74) is 0. The Morgan fingerprint density at radius 2 is 1.00 bits per heavy atom. The van der Waals surface area contributed by atoms with Gasteiger partial charge in [-0.15, -0.1) is 0 Å². The first kappa shape index (κ1) is 32.5. The first-order chi connectivity index (χ1) is 1.00. The summed E-state index contributed by atoms with van der Waals surface area (Å²) in [6, 6.07) is 0. The van der Waals surface area contributed by atoms with E-state index < -0.39 is 0 Å². The van der Waals surface area contributed by atoms with Crippen LogP contribution in [-0.4, -0.2) is 6.88 Å². The van der Waals surface area contributed by atoms with Crippen LogP contribution in [0.1, 0.15) is 0 Å². The Hall–Kier alpha value is 1.39. The van der Waals surface area contributed by atoms with Crippen LogP contribution in [0.3, 0.4) is 0 Å². The molecule has 0 unspecified atom stereocenters. The fourth-order valence-electron chi connectivity index (χ4n) is 0. The summed E-state index contributed by atoms with van der Waals surface area (Å²) in [6.45, 7) is 1.95. The van der Waals surface area contributed by atoms with Gasteiger partial charge in [0.15, 0.2) is 0 Å². The Balaban J connectivity index is -0.00000000167. The molecule has 0 aromatic heterocycles. The minimum absolute atomic E-state index is 0. The number of rotatable bonds is 0. The summed E-state index contributed by atoms with van der Waals surface area (Å²) in [4.78, 5) is 0. The third-order valence-electron chi connectivity index (χ3n) is 0. The quantitative estimate of drug-likeness (QED) is 0.280. The van der Waals surface area contributed by atoms with Gasteiger partial charge in [0.05, 0.1) is 0 Å². The van der Waals surface area contributed by atoms with Crippen molar-refractivity contribution in [2.24, 2.45) is 0 Å². The molecule has 0 spiro atoms. The van der Waals surface area contributed by atoms with Crippen molar-refractivity contribution in [3.8, 4) is 0 Å². The SMILES string of the molecule is [CH3-].[CH3-].[Cl-].[SiH2]=[Zr]. The molecule has 0 aromatic rings. The normalized spacial score (nSPS) is 0.600. The van der Waals surface area contributed by atoms with Crippen molar-refractivity contribution in [1.29, 1.82) is 0 Å². The molecule has 0 rings (SSSR count). The average molecular weight is 187 g/mol. The van der Waals surface area contributed by atoms with Crippen molar-refractivity contribution in [3.05, 3.63) is 14.9 Å². The van der Waals surface area contributed by atoms with Crippen molar-refractivity contribution in [1.82, 2.24) is 0 Å². The Kier molecular flexibility index (Phi) is 349. The van der Waals surface area contributed by atoms with E-state index >= 15 is 0 Å². The van der Waals surface area contributed by atoms with Gasteiger partial charge >= 0.3 is 30.2 Å². The molecule has 0 atom stereocenters. The van der Waals surface area contributed by atoms with Crippen molar-refractivity contribution in [2.75, 3.05) is 0 Å². The molecule has 34 valence electrons. The van der Waals surface area contributed by atoms with Gasteiger partial charge in [-0.1, -0.05) is 0 Å². The number of hydrogen-bond acceptors (Lipinski definition) is 0. The van der Waals surface area contributed by atoms with E-state index in [-0.39, 0.29) is 27.3 Å². The Morgan fingerprint density at radius 1 is 1.00 bits per heavy atom. The van der Waals surface area contributed by atoms with Crippen LogP contribution in [0.15, 0.2) is 0 Å². The predicted molar refractivity (Wildman–Crippen MR) is 21.4 cm³/mol. The summed E-state index contributed by atoms with van der Waals surface area (Å²) < 4.78 is 0. The summed E-state index contributed by atoms with van der Waals surface area (Å²) in [6.07, 6.45) is 0. The zero-order valence-corrected chi connectivity index (χ0v) is 8.21. The van der Waals surface area contributed by atoms with Crippen LogP contribution in [0.4, 0.5) is 0 Å². The Bertz CT molecular complexity index is 9.61. The number of halogens is 1. The van der Waals surface area contributed by atoms with Crippen molar-refractivity contribution in [3.63, 3.8) is 0 Å². The molecular formula is C2H8ClSiZr-3. The van der Waals surface area contributed by atoms with Gasteiger partial charge in [-0.2, -0.15) is 0 Å². The molecule has 5 heavy (non-hydrogen) atoms. The molecule has 0 aliphatic rings. The summed E-state index contributed by atoms with van der Waals surface area (Å²) in [7, 11) is 0. The molecule has 0 nitrogen and oxygen atoms in total. The van der Waals surface area contributed by atoms with Crippen LogP contribution in [0, 0.1) is 14.9 Å². The van der Waals surface area contributed by atoms with Crippen molar-refractivity contribution >= 4 is 6.88 Å². The van der Waals surface area contributed by atoms with Gasteiger partial charge in [0.25, 0.3) is 0 Å². The van der Waals surface area contributed by atoms with Crippen molar-refractivity contribution < 1.29 is 35.7 Å². The fraction of sp³-hybridized carbons (Fsp3) is 0. The van der Waals surface area contributed by atoms with E-state index in [4.69, 9.17) is 0 Å². The van der Waals surface area contributed by atoms with Crippen molar-refractivity contribution in [2.45, 2.75) is 0 Å². The monoisotopic (exact) mass is 185 g/mol. The Labute approximate surface area is 57.3 Å². The molecule has 0 heterocycles.